The van der Waals surface area contributed by atoms with Gasteiger partial charge in [0.2, 0.25) is 5.91 Å². The van der Waals surface area contributed by atoms with Crippen molar-refractivity contribution in [3.05, 3.63) is 107 Å². The number of carbonyl (C=O) groups is 2. The third-order valence-corrected chi connectivity index (χ3v) is 6.12. The van der Waals surface area contributed by atoms with Crippen molar-refractivity contribution in [1.82, 2.24) is 10.2 Å². The number of likely N-dealkylation sites (tertiary alicyclic amines) is 1. The number of nitrogens with one attached hydrogen (secondary N) is 1. The zero-order valence-electron chi connectivity index (χ0n) is 18.2. The Hall–Kier alpha value is -3.54. The van der Waals surface area contributed by atoms with Crippen LogP contribution in [-0.2, 0) is 11.2 Å². The Morgan fingerprint density at radius 2 is 1.55 bits per heavy atom. The number of rotatable bonds is 6. The van der Waals surface area contributed by atoms with Crippen LogP contribution in [0.25, 0.3) is 0 Å². The lowest BCUT2D eigenvalue weighted by Crippen LogP contribution is -2.44. The molecule has 3 aromatic rings. The quantitative estimate of drug-likeness (QED) is 0.582. The molecule has 33 heavy (non-hydrogen) atoms. The summed E-state index contributed by atoms with van der Waals surface area (Å²) in [6.07, 6.45) is 1.66. The number of halogens is 2. The van der Waals surface area contributed by atoms with Crippen molar-refractivity contribution >= 4 is 11.8 Å². The van der Waals surface area contributed by atoms with Crippen LogP contribution < -0.4 is 5.32 Å². The van der Waals surface area contributed by atoms with Gasteiger partial charge >= 0.3 is 0 Å². The Bertz CT molecular complexity index is 1100. The van der Waals surface area contributed by atoms with Gasteiger partial charge < -0.3 is 10.2 Å². The van der Waals surface area contributed by atoms with E-state index in [1.165, 1.54) is 11.0 Å². The van der Waals surface area contributed by atoms with Gasteiger partial charge in [0, 0.05) is 25.1 Å². The number of piperidine rings is 1. The fraction of sp³-hybridized carbons (Fsp3) is 0.259. The van der Waals surface area contributed by atoms with Crippen LogP contribution in [0.15, 0.2) is 78.9 Å². The van der Waals surface area contributed by atoms with E-state index in [9.17, 15) is 18.4 Å². The van der Waals surface area contributed by atoms with E-state index in [-0.39, 0.29) is 23.4 Å². The zero-order valence-corrected chi connectivity index (χ0v) is 18.2. The lowest BCUT2D eigenvalue weighted by atomic mass is 9.93. The molecule has 1 unspecified atom stereocenters. The van der Waals surface area contributed by atoms with E-state index < -0.39 is 17.5 Å². The van der Waals surface area contributed by atoms with Crippen LogP contribution in [0.5, 0.6) is 0 Å². The first-order valence-corrected chi connectivity index (χ1v) is 11.1. The van der Waals surface area contributed by atoms with Crippen molar-refractivity contribution in [3.8, 4) is 0 Å². The first-order chi connectivity index (χ1) is 16.0. The van der Waals surface area contributed by atoms with E-state index in [0.29, 0.717) is 38.4 Å². The SMILES string of the molecule is O=C(NC(Cc1ccccc1)c1ccccc1)C1CCN(C(=O)c2ccc(F)cc2F)CC1. The molecule has 1 aliphatic rings. The van der Waals surface area contributed by atoms with Gasteiger partial charge in [-0.25, -0.2) is 8.78 Å². The minimum Gasteiger partial charge on any atom is -0.349 e. The summed E-state index contributed by atoms with van der Waals surface area (Å²) in [5.74, 6) is -2.33. The fourth-order valence-corrected chi connectivity index (χ4v) is 4.25. The summed E-state index contributed by atoms with van der Waals surface area (Å²) in [6, 6.07) is 22.7. The lowest BCUT2D eigenvalue weighted by molar-refractivity contribution is -0.127. The summed E-state index contributed by atoms with van der Waals surface area (Å²) in [7, 11) is 0. The predicted molar refractivity (Wildman–Crippen MR) is 122 cm³/mol. The number of nitrogens with zero attached hydrogens (tertiary/aromatic N) is 1. The fourth-order valence-electron chi connectivity index (χ4n) is 4.25. The molecule has 170 valence electrons. The molecule has 3 aromatic carbocycles. The smallest absolute Gasteiger partial charge is 0.256 e. The van der Waals surface area contributed by atoms with E-state index in [2.05, 4.69) is 5.32 Å². The van der Waals surface area contributed by atoms with Crippen LogP contribution >= 0.6 is 0 Å². The van der Waals surface area contributed by atoms with Gasteiger partial charge in [0.05, 0.1) is 11.6 Å². The third kappa shape index (κ3) is 5.64. The summed E-state index contributed by atoms with van der Waals surface area (Å²) < 4.78 is 27.1. The van der Waals surface area contributed by atoms with Crippen LogP contribution in [0.4, 0.5) is 8.78 Å². The van der Waals surface area contributed by atoms with E-state index in [4.69, 9.17) is 0 Å². The first-order valence-electron chi connectivity index (χ1n) is 11.1. The molecule has 6 heteroatoms. The molecule has 1 aliphatic heterocycles. The molecule has 1 saturated heterocycles. The Kier molecular flexibility index (Phi) is 7.13. The lowest BCUT2D eigenvalue weighted by Gasteiger charge is -2.32. The number of carbonyl (C=O) groups excluding carboxylic acids is 2. The number of amides is 2. The molecular formula is C27H26F2N2O2. The topological polar surface area (TPSA) is 49.4 Å². The van der Waals surface area contributed by atoms with Crippen molar-refractivity contribution in [2.45, 2.75) is 25.3 Å². The van der Waals surface area contributed by atoms with Crippen LogP contribution in [0, 0.1) is 17.6 Å². The molecule has 0 spiro atoms. The zero-order chi connectivity index (χ0) is 23.2. The van der Waals surface area contributed by atoms with Gasteiger partial charge in [-0.05, 0) is 42.5 Å². The van der Waals surface area contributed by atoms with Gasteiger partial charge in [-0.2, -0.15) is 0 Å². The highest BCUT2D eigenvalue weighted by molar-refractivity contribution is 5.94. The van der Waals surface area contributed by atoms with Gasteiger partial charge in [0.25, 0.3) is 5.91 Å². The first kappa shape index (κ1) is 22.6. The van der Waals surface area contributed by atoms with Crippen LogP contribution in [0.1, 0.15) is 40.4 Å². The molecular weight excluding hydrogens is 422 g/mol. The monoisotopic (exact) mass is 448 g/mol. The minimum absolute atomic E-state index is 0.0418. The predicted octanol–water partition coefficient (Wildman–Crippen LogP) is 4.92. The van der Waals surface area contributed by atoms with Crippen LogP contribution in [0.2, 0.25) is 0 Å². The summed E-state index contributed by atoms with van der Waals surface area (Å²) in [6.45, 7) is 0.699. The molecule has 2 amide bonds. The second kappa shape index (κ2) is 10.4. The molecule has 0 saturated carbocycles. The summed E-state index contributed by atoms with van der Waals surface area (Å²) in [5.41, 5.74) is 2.02. The molecule has 4 nitrogen and oxygen atoms in total. The summed E-state index contributed by atoms with van der Waals surface area (Å²) >= 11 is 0. The summed E-state index contributed by atoms with van der Waals surface area (Å²) in [4.78, 5) is 27.3. The average Bonchev–Trinajstić information content (AvgIpc) is 2.84. The second-order valence-electron chi connectivity index (χ2n) is 8.35. The molecule has 0 aliphatic carbocycles. The van der Waals surface area contributed by atoms with Gasteiger partial charge in [0.1, 0.15) is 11.6 Å². The van der Waals surface area contributed by atoms with Gasteiger partial charge in [0.15, 0.2) is 0 Å². The maximum Gasteiger partial charge on any atom is 0.256 e. The molecule has 1 heterocycles. The van der Waals surface area contributed by atoms with Gasteiger partial charge in [-0.3, -0.25) is 9.59 Å². The van der Waals surface area contributed by atoms with Gasteiger partial charge in [-0.15, -0.1) is 0 Å². The molecule has 0 radical (unpaired) electrons. The number of hydrogen-bond donors (Lipinski definition) is 1. The third-order valence-electron chi connectivity index (χ3n) is 6.12. The normalized spacial score (nSPS) is 15.2. The average molecular weight is 449 g/mol. The minimum atomic E-state index is -0.869. The van der Waals surface area contributed by atoms with E-state index >= 15 is 0 Å². The van der Waals surface area contributed by atoms with Crippen molar-refractivity contribution in [2.24, 2.45) is 5.92 Å². The molecule has 0 aromatic heterocycles. The van der Waals surface area contributed by atoms with Crippen molar-refractivity contribution in [2.75, 3.05) is 13.1 Å². The molecule has 0 bridgehead atoms. The molecule has 1 atom stereocenters. The Labute approximate surface area is 192 Å². The van der Waals surface area contributed by atoms with E-state index in [1.54, 1.807) is 0 Å². The van der Waals surface area contributed by atoms with Crippen LogP contribution in [0.3, 0.4) is 0 Å². The second-order valence-corrected chi connectivity index (χ2v) is 8.35. The van der Waals surface area contributed by atoms with Crippen molar-refractivity contribution in [3.63, 3.8) is 0 Å². The number of hydrogen-bond acceptors (Lipinski definition) is 2. The highest BCUT2D eigenvalue weighted by Crippen LogP contribution is 2.24. The molecule has 4 rings (SSSR count). The van der Waals surface area contributed by atoms with E-state index in [1.807, 2.05) is 60.7 Å². The maximum atomic E-state index is 14.0. The van der Waals surface area contributed by atoms with Crippen molar-refractivity contribution in [1.29, 1.82) is 0 Å². The Balaban J connectivity index is 1.39. The Morgan fingerprint density at radius 1 is 0.909 bits per heavy atom. The largest absolute Gasteiger partial charge is 0.349 e. The highest BCUT2D eigenvalue weighted by Gasteiger charge is 2.30. The van der Waals surface area contributed by atoms with Crippen molar-refractivity contribution < 1.29 is 18.4 Å². The van der Waals surface area contributed by atoms with Gasteiger partial charge in [-0.1, -0.05) is 60.7 Å². The van der Waals surface area contributed by atoms with E-state index in [0.717, 1.165) is 17.2 Å². The van der Waals surface area contributed by atoms with Crippen LogP contribution in [-0.4, -0.2) is 29.8 Å². The highest BCUT2D eigenvalue weighted by atomic mass is 19.1. The standard InChI is InChI=1S/C27H26F2N2O2/c28-22-11-12-23(24(29)18-22)27(33)31-15-13-21(14-16-31)26(32)30-25(20-9-5-2-6-10-20)17-19-7-3-1-4-8-19/h1-12,18,21,25H,13-17H2,(H,30,32). The molecule has 1 fully saturated rings. The maximum absolute atomic E-state index is 14.0. The Morgan fingerprint density at radius 3 is 2.18 bits per heavy atom. The molecule has 1 N–H and O–H groups in total. The number of benzene rings is 3. The summed E-state index contributed by atoms with van der Waals surface area (Å²) in [5, 5.41) is 3.20.